The van der Waals surface area contributed by atoms with Gasteiger partial charge in [0.2, 0.25) is 10.5 Å². The molecule has 0 aromatic rings. The number of amidine groups is 1. The molecule has 0 aromatic carbocycles. The topological polar surface area (TPSA) is 27.4 Å². The Labute approximate surface area is 89.1 Å². The number of aliphatic imine (C=N–C) groups is 1. The molecule has 1 fully saturated rings. The van der Waals surface area contributed by atoms with Crippen LogP contribution in [0.25, 0.3) is 0 Å². The molecular formula is C8H14ClN3S. The van der Waals surface area contributed by atoms with Crippen LogP contribution < -0.4 is 17.8 Å². The van der Waals surface area contributed by atoms with Crippen molar-refractivity contribution < 1.29 is 17.1 Å². The second kappa shape index (κ2) is 4.86. The van der Waals surface area contributed by atoms with E-state index in [2.05, 4.69) is 28.2 Å². The molecule has 0 aromatic heterocycles. The smallest absolute Gasteiger partial charge is 0.234 e. The van der Waals surface area contributed by atoms with Crippen LogP contribution in [0.2, 0.25) is 0 Å². The minimum absolute atomic E-state index is 0. The highest BCUT2D eigenvalue weighted by Crippen LogP contribution is 2.25. The number of halogens is 1. The van der Waals surface area contributed by atoms with E-state index < -0.39 is 0 Å². The van der Waals surface area contributed by atoms with Gasteiger partial charge >= 0.3 is 0 Å². The number of hydrogen-bond acceptors (Lipinski definition) is 2. The van der Waals surface area contributed by atoms with E-state index in [-0.39, 0.29) is 12.4 Å². The first-order valence-corrected chi connectivity index (χ1v) is 5.37. The molecule has 0 aliphatic carbocycles. The molecule has 1 unspecified atom stereocenters. The first-order valence-electron chi connectivity index (χ1n) is 4.49. The number of fused-ring (bicyclic) bond motifs is 1. The third-order valence-corrected chi connectivity index (χ3v) is 3.24. The third-order valence-electron chi connectivity index (χ3n) is 2.07. The number of hydrazone groups is 1. The van der Waals surface area contributed by atoms with E-state index in [9.17, 15) is 0 Å². The molecule has 0 spiro atoms. The van der Waals surface area contributed by atoms with Gasteiger partial charge in [-0.2, -0.15) is 0 Å². The number of nitrogens with one attached hydrogen (secondary N) is 1. The molecule has 13 heavy (non-hydrogen) atoms. The van der Waals surface area contributed by atoms with Crippen molar-refractivity contribution in [3.8, 4) is 0 Å². The molecule has 2 aliphatic rings. The zero-order chi connectivity index (χ0) is 8.39. The fourth-order valence-corrected chi connectivity index (χ4v) is 2.65. The summed E-state index contributed by atoms with van der Waals surface area (Å²) >= 11 is 1.85. The summed E-state index contributed by atoms with van der Waals surface area (Å²) in [6.45, 7) is 2.94. The highest BCUT2D eigenvalue weighted by molar-refractivity contribution is 8.14. The van der Waals surface area contributed by atoms with Crippen molar-refractivity contribution in [3.63, 3.8) is 0 Å². The molecule has 1 N–H and O–H groups in total. The maximum absolute atomic E-state index is 4.35. The lowest BCUT2D eigenvalue weighted by Gasteiger charge is -2.06. The standard InChI is InChI=1S/C8H14N3S.ClH/c1-2-9-8-10-11-6-4-3-5-7(11)12-8;/h6-7H,2-5H2,1H3,(H,9,10);1H/q+1;/p-1. The van der Waals surface area contributed by atoms with Crippen LogP contribution >= 0.6 is 11.8 Å². The normalized spacial score (nSPS) is 28.8. The molecule has 74 valence electrons. The van der Waals surface area contributed by atoms with Crippen LogP contribution in [0, 0.1) is 0 Å². The van der Waals surface area contributed by atoms with Crippen molar-refractivity contribution in [2.75, 3.05) is 6.54 Å². The summed E-state index contributed by atoms with van der Waals surface area (Å²) in [6.07, 6.45) is 6.02. The van der Waals surface area contributed by atoms with Gasteiger partial charge in [-0.15, -0.1) is 10.1 Å². The maximum Gasteiger partial charge on any atom is 0.234 e. The maximum atomic E-state index is 4.35. The van der Waals surface area contributed by atoms with Gasteiger partial charge in [0.05, 0.1) is 0 Å². The Morgan fingerprint density at radius 1 is 1.77 bits per heavy atom. The van der Waals surface area contributed by atoms with Crippen molar-refractivity contribution in [2.45, 2.75) is 31.6 Å². The molecule has 2 aliphatic heterocycles. The minimum Gasteiger partial charge on any atom is -1.00 e. The van der Waals surface area contributed by atoms with Crippen LogP contribution in [0.1, 0.15) is 26.2 Å². The van der Waals surface area contributed by atoms with Gasteiger partial charge in [0.1, 0.15) is 0 Å². The Kier molecular flexibility index (Phi) is 4.06. The van der Waals surface area contributed by atoms with Gasteiger partial charge in [0.25, 0.3) is 0 Å². The van der Waals surface area contributed by atoms with E-state index >= 15 is 0 Å². The zero-order valence-electron chi connectivity index (χ0n) is 7.66. The van der Waals surface area contributed by atoms with Gasteiger partial charge in [-0.3, -0.25) is 4.99 Å². The van der Waals surface area contributed by atoms with Gasteiger partial charge < -0.3 is 12.4 Å². The van der Waals surface area contributed by atoms with E-state index in [1.54, 1.807) is 0 Å². The number of rotatable bonds is 1. The van der Waals surface area contributed by atoms with Crippen LogP contribution in [-0.2, 0) is 0 Å². The van der Waals surface area contributed by atoms with Crippen LogP contribution in [0.15, 0.2) is 4.99 Å². The van der Waals surface area contributed by atoms with Gasteiger partial charge in [-0.25, -0.2) is 0 Å². The van der Waals surface area contributed by atoms with E-state index in [4.69, 9.17) is 0 Å². The average molecular weight is 220 g/mol. The zero-order valence-corrected chi connectivity index (χ0v) is 9.24. The predicted octanol–water partition coefficient (Wildman–Crippen LogP) is -1.79. The number of hydrogen-bond donors (Lipinski definition) is 1. The first kappa shape index (κ1) is 10.9. The average Bonchev–Trinajstić information content (AvgIpc) is 2.47. The fourth-order valence-electron chi connectivity index (χ4n) is 1.49. The summed E-state index contributed by atoms with van der Waals surface area (Å²) in [5.74, 6) is 0. The monoisotopic (exact) mass is 219 g/mol. The predicted molar refractivity (Wildman–Crippen MR) is 52.7 cm³/mol. The summed E-state index contributed by atoms with van der Waals surface area (Å²) in [5.41, 5.74) is 3.28. The molecule has 2 heterocycles. The molecule has 0 radical (unpaired) electrons. The van der Waals surface area contributed by atoms with Crippen LogP contribution in [-0.4, -0.2) is 28.0 Å². The van der Waals surface area contributed by atoms with E-state index in [0.29, 0.717) is 5.37 Å². The van der Waals surface area contributed by atoms with Gasteiger partial charge in [0.15, 0.2) is 6.21 Å². The van der Waals surface area contributed by atoms with Crippen molar-refractivity contribution >= 4 is 23.1 Å². The Balaban J connectivity index is 0.000000845. The summed E-state index contributed by atoms with van der Waals surface area (Å²) in [7, 11) is 0. The Morgan fingerprint density at radius 2 is 2.62 bits per heavy atom. The van der Waals surface area contributed by atoms with Gasteiger partial charge in [-0.1, -0.05) is 0 Å². The second-order valence-electron chi connectivity index (χ2n) is 2.98. The summed E-state index contributed by atoms with van der Waals surface area (Å²) in [6, 6.07) is 0. The van der Waals surface area contributed by atoms with Crippen LogP contribution in [0.4, 0.5) is 0 Å². The second-order valence-corrected chi connectivity index (χ2v) is 4.15. The summed E-state index contributed by atoms with van der Waals surface area (Å²) < 4.78 is 2.20. The van der Waals surface area contributed by atoms with Gasteiger partial charge in [0, 0.05) is 19.4 Å². The Morgan fingerprint density at radius 3 is 3.31 bits per heavy atom. The van der Waals surface area contributed by atoms with Crippen molar-refractivity contribution in [1.82, 2.24) is 5.43 Å². The van der Waals surface area contributed by atoms with Crippen molar-refractivity contribution in [1.29, 1.82) is 0 Å². The van der Waals surface area contributed by atoms with Crippen molar-refractivity contribution in [2.24, 2.45) is 4.99 Å². The molecule has 5 heteroatoms. The molecule has 1 atom stereocenters. The molecule has 2 rings (SSSR count). The highest BCUT2D eigenvalue weighted by Gasteiger charge is 2.35. The Bertz CT molecular complexity index is 240. The fraction of sp³-hybridized carbons (Fsp3) is 0.750. The third kappa shape index (κ3) is 2.38. The van der Waals surface area contributed by atoms with Gasteiger partial charge in [-0.05, 0) is 25.1 Å². The minimum atomic E-state index is 0. The molecular weight excluding hydrogens is 206 g/mol. The van der Waals surface area contributed by atoms with Crippen LogP contribution in [0.3, 0.4) is 0 Å². The lowest BCUT2D eigenvalue weighted by Crippen LogP contribution is -3.00. The van der Waals surface area contributed by atoms with Crippen molar-refractivity contribution in [3.05, 3.63) is 0 Å². The number of nitrogens with zero attached hydrogens (tertiary/aromatic N) is 2. The molecule has 1 saturated heterocycles. The molecule has 0 saturated carbocycles. The highest BCUT2D eigenvalue weighted by atomic mass is 35.5. The van der Waals surface area contributed by atoms with E-state index in [1.807, 2.05) is 11.8 Å². The molecule has 0 amide bonds. The summed E-state index contributed by atoms with van der Waals surface area (Å²) in [4.78, 5) is 4.35. The largest absolute Gasteiger partial charge is 1.00 e. The Hall–Kier alpha value is -0.220. The lowest BCUT2D eigenvalue weighted by atomic mass is 10.2. The number of thioether (sulfide) groups is 1. The quantitative estimate of drug-likeness (QED) is 0.528. The van der Waals surface area contributed by atoms with E-state index in [1.165, 1.54) is 19.3 Å². The van der Waals surface area contributed by atoms with Crippen LogP contribution in [0.5, 0.6) is 0 Å². The lowest BCUT2D eigenvalue weighted by molar-refractivity contribution is -0.578. The molecule has 0 bridgehead atoms. The number of hydrazine groups is 1. The molecule has 3 nitrogen and oxygen atoms in total. The SMILES string of the molecule is CCN=C1N[N+]2=CCCCC2S1.[Cl-]. The first-order chi connectivity index (χ1) is 5.90. The summed E-state index contributed by atoms with van der Waals surface area (Å²) in [5, 5.41) is 1.68. The van der Waals surface area contributed by atoms with E-state index in [0.717, 1.165) is 11.7 Å².